The van der Waals surface area contributed by atoms with Crippen molar-refractivity contribution in [2.45, 2.75) is 64.8 Å². The van der Waals surface area contributed by atoms with E-state index in [9.17, 15) is 0 Å². The van der Waals surface area contributed by atoms with Crippen LogP contribution in [0.15, 0.2) is 30.3 Å². The lowest BCUT2D eigenvalue weighted by molar-refractivity contribution is -0.306. The first-order valence-corrected chi connectivity index (χ1v) is 8.02. The molecule has 2 heteroatoms. The van der Waals surface area contributed by atoms with E-state index in [0.29, 0.717) is 12.0 Å². The number of hydrogen-bond acceptors (Lipinski definition) is 2. The van der Waals surface area contributed by atoms with Gasteiger partial charge in [0.05, 0.1) is 12.7 Å². The summed E-state index contributed by atoms with van der Waals surface area (Å²) in [6.07, 6.45) is 5.75. The van der Waals surface area contributed by atoms with E-state index in [2.05, 4.69) is 51.1 Å². The van der Waals surface area contributed by atoms with Gasteiger partial charge in [-0.05, 0) is 31.7 Å². The molecule has 1 saturated heterocycles. The third-order valence-electron chi connectivity index (χ3n) is 4.34. The first kappa shape index (κ1) is 15.5. The lowest BCUT2D eigenvalue weighted by Gasteiger charge is -2.43. The maximum absolute atomic E-state index is 6.32. The van der Waals surface area contributed by atoms with Crippen LogP contribution in [0.5, 0.6) is 0 Å². The van der Waals surface area contributed by atoms with Crippen LogP contribution in [0.2, 0.25) is 0 Å². The zero-order valence-electron chi connectivity index (χ0n) is 13.1. The van der Waals surface area contributed by atoms with E-state index in [1.807, 2.05) is 0 Å². The molecule has 1 aromatic rings. The van der Waals surface area contributed by atoms with Crippen molar-refractivity contribution in [1.82, 2.24) is 0 Å². The van der Waals surface area contributed by atoms with Crippen LogP contribution in [0.4, 0.5) is 0 Å². The smallest absolute Gasteiger partial charge is 0.166 e. The largest absolute Gasteiger partial charge is 0.350 e. The maximum Gasteiger partial charge on any atom is 0.166 e. The topological polar surface area (TPSA) is 18.5 Å². The molecule has 2 rings (SSSR count). The Labute approximate surface area is 123 Å². The van der Waals surface area contributed by atoms with Crippen molar-refractivity contribution in [3.8, 4) is 0 Å². The van der Waals surface area contributed by atoms with Gasteiger partial charge in [0.1, 0.15) is 0 Å². The van der Waals surface area contributed by atoms with Gasteiger partial charge in [-0.25, -0.2) is 0 Å². The van der Waals surface area contributed by atoms with Gasteiger partial charge >= 0.3 is 0 Å². The number of aryl methyl sites for hydroxylation is 1. The summed E-state index contributed by atoms with van der Waals surface area (Å²) in [6.45, 7) is 7.40. The van der Waals surface area contributed by atoms with E-state index in [0.717, 1.165) is 32.3 Å². The predicted molar refractivity (Wildman–Crippen MR) is 82.7 cm³/mol. The van der Waals surface area contributed by atoms with Crippen molar-refractivity contribution in [2.75, 3.05) is 6.61 Å². The van der Waals surface area contributed by atoms with Crippen molar-refractivity contribution < 1.29 is 9.47 Å². The minimum absolute atomic E-state index is 0.361. The molecule has 0 amide bonds. The summed E-state index contributed by atoms with van der Waals surface area (Å²) >= 11 is 0. The number of rotatable bonds is 6. The summed E-state index contributed by atoms with van der Waals surface area (Å²) in [5.41, 5.74) is 1.35. The second-order valence-electron chi connectivity index (χ2n) is 6.04. The molecular formula is C18H28O2. The van der Waals surface area contributed by atoms with Crippen molar-refractivity contribution >= 4 is 0 Å². The van der Waals surface area contributed by atoms with Crippen molar-refractivity contribution in [1.29, 1.82) is 0 Å². The Morgan fingerprint density at radius 1 is 1.20 bits per heavy atom. The molecule has 1 aromatic carbocycles. The molecule has 0 spiro atoms. The zero-order valence-corrected chi connectivity index (χ0v) is 13.1. The number of ether oxygens (including phenoxy) is 2. The Morgan fingerprint density at radius 2 is 1.95 bits per heavy atom. The molecule has 20 heavy (non-hydrogen) atoms. The Kier molecular flexibility index (Phi) is 5.62. The van der Waals surface area contributed by atoms with Crippen LogP contribution in [0, 0.1) is 5.92 Å². The quantitative estimate of drug-likeness (QED) is 0.757. The average Bonchev–Trinajstić information content (AvgIpc) is 2.47. The highest BCUT2D eigenvalue weighted by molar-refractivity contribution is 5.14. The zero-order chi connectivity index (χ0) is 14.4. The third kappa shape index (κ3) is 4.07. The molecule has 1 heterocycles. The minimum atomic E-state index is -0.415. The second-order valence-corrected chi connectivity index (χ2v) is 6.04. The maximum atomic E-state index is 6.32. The van der Waals surface area contributed by atoms with Crippen LogP contribution >= 0.6 is 0 Å². The summed E-state index contributed by atoms with van der Waals surface area (Å²) in [7, 11) is 0. The molecule has 3 atom stereocenters. The summed E-state index contributed by atoms with van der Waals surface area (Å²) in [5, 5.41) is 0. The fourth-order valence-electron chi connectivity index (χ4n) is 2.95. The first-order valence-electron chi connectivity index (χ1n) is 8.02. The molecule has 0 N–H and O–H groups in total. The Bertz CT molecular complexity index is 390. The van der Waals surface area contributed by atoms with Gasteiger partial charge in [0.25, 0.3) is 0 Å². The van der Waals surface area contributed by atoms with Crippen LogP contribution in [0.3, 0.4) is 0 Å². The van der Waals surface area contributed by atoms with Gasteiger partial charge in [-0.15, -0.1) is 0 Å². The highest BCUT2D eigenvalue weighted by atomic mass is 16.7. The van der Waals surface area contributed by atoms with Crippen LogP contribution in [-0.2, 0) is 15.9 Å². The highest BCUT2D eigenvalue weighted by Gasteiger charge is 2.37. The van der Waals surface area contributed by atoms with Crippen LogP contribution < -0.4 is 0 Å². The van der Waals surface area contributed by atoms with Crippen molar-refractivity contribution in [3.63, 3.8) is 0 Å². The van der Waals surface area contributed by atoms with Gasteiger partial charge in [0, 0.05) is 12.3 Å². The molecular weight excluding hydrogens is 248 g/mol. The van der Waals surface area contributed by atoms with E-state index in [1.54, 1.807) is 0 Å². The Morgan fingerprint density at radius 3 is 2.60 bits per heavy atom. The van der Waals surface area contributed by atoms with Crippen molar-refractivity contribution in [3.05, 3.63) is 35.9 Å². The van der Waals surface area contributed by atoms with Crippen LogP contribution in [0.25, 0.3) is 0 Å². The van der Waals surface area contributed by atoms with Gasteiger partial charge in [0.15, 0.2) is 5.79 Å². The second kappa shape index (κ2) is 7.24. The molecule has 0 aromatic heterocycles. The summed E-state index contributed by atoms with van der Waals surface area (Å²) in [5.74, 6) is 0.140. The van der Waals surface area contributed by atoms with Gasteiger partial charge < -0.3 is 9.47 Å². The van der Waals surface area contributed by atoms with E-state index < -0.39 is 5.79 Å². The van der Waals surface area contributed by atoms with Gasteiger partial charge in [0.2, 0.25) is 0 Å². The fourth-order valence-corrected chi connectivity index (χ4v) is 2.95. The van der Waals surface area contributed by atoms with Gasteiger partial charge in [-0.3, -0.25) is 0 Å². The predicted octanol–water partition coefficient (Wildman–Crippen LogP) is 4.58. The molecule has 2 nitrogen and oxygen atoms in total. The van der Waals surface area contributed by atoms with Gasteiger partial charge in [-0.1, -0.05) is 50.6 Å². The van der Waals surface area contributed by atoms with Crippen LogP contribution in [0.1, 0.15) is 52.0 Å². The highest BCUT2D eigenvalue weighted by Crippen LogP contribution is 2.33. The lowest BCUT2D eigenvalue weighted by atomic mass is 9.94. The summed E-state index contributed by atoms with van der Waals surface area (Å²) < 4.78 is 12.4. The Balaban J connectivity index is 1.93. The normalized spacial score (nSPS) is 30.4. The molecule has 0 bridgehead atoms. The molecule has 1 aliphatic rings. The SMILES string of the molecule is CCC[C@H]1O[C@](C)(CCc2ccccc2)OC[C@@H]1CC. The average molecular weight is 276 g/mol. The molecule has 0 aliphatic carbocycles. The van der Waals surface area contributed by atoms with E-state index in [-0.39, 0.29) is 0 Å². The van der Waals surface area contributed by atoms with E-state index >= 15 is 0 Å². The van der Waals surface area contributed by atoms with Crippen molar-refractivity contribution in [2.24, 2.45) is 5.92 Å². The van der Waals surface area contributed by atoms with E-state index in [4.69, 9.17) is 9.47 Å². The molecule has 0 saturated carbocycles. The first-order chi connectivity index (χ1) is 9.67. The summed E-state index contributed by atoms with van der Waals surface area (Å²) in [4.78, 5) is 0. The van der Waals surface area contributed by atoms with Gasteiger partial charge in [-0.2, -0.15) is 0 Å². The number of benzene rings is 1. The van der Waals surface area contributed by atoms with E-state index in [1.165, 1.54) is 12.0 Å². The number of hydrogen-bond donors (Lipinski definition) is 0. The third-order valence-corrected chi connectivity index (χ3v) is 4.34. The molecule has 112 valence electrons. The lowest BCUT2D eigenvalue weighted by Crippen LogP contribution is -2.47. The molecule has 0 unspecified atom stereocenters. The summed E-state index contributed by atoms with van der Waals surface area (Å²) in [6, 6.07) is 10.6. The minimum Gasteiger partial charge on any atom is -0.350 e. The fraction of sp³-hybridized carbons (Fsp3) is 0.667. The molecule has 1 aliphatic heterocycles. The molecule has 0 radical (unpaired) electrons. The standard InChI is InChI=1S/C18H28O2/c1-4-9-17-16(5-2)14-19-18(3,20-17)13-12-15-10-7-6-8-11-15/h6-8,10-11,16-17H,4-5,9,12-14H2,1-3H3/t16-,17+,18+/m0/s1. The molecule has 1 fully saturated rings. The monoisotopic (exact) mass is 276 g/mol. The van der Waals surface area contributed by atoms with Crippen LogP contribution in [-0.4, -0.2) is 18.5 Å². The Hall–Kier alpha value is -0.860.